The maximum absolute atomic E-state index is 12.7. The highest BCUT2D eigenvalue weighted by Gasteiger charge is 2.51. The lowest BCUT2D eigenvalue weighted by Gasteiger charge is -2.19. The van der Waals surface area contributed by atoms with E-state index in [2.05, 4.69) is 23.9 Å². The van der Waals surface area contributed by atoms with Gasteiger partial charge in [-0.05, 0) is 73.9 Å². The molecule has 0 radical (unpaired) electrons. The predicted octanol–water partition coefficient (Wildman–Crippen LogP) is 4.63. The first-order valence-electron chi connectivity index (χ1n) is 10.7. The first-order chi connectivity index (χ1) is 14.2. The number of amides is 1. The van der Waals surface area contributed by atoms with Crippen LogP contribution < -0.4 is 10.0 Å². The number of hydrogen-bond donors (Lipinski definition) is 2. The molecule has 1 fully saturated rings. The van der Waals surface area contributed by atoms with E-state index < -0.39 is 15.4 Å². The van der Waals surface area contributed by atoms with E-state index >= 15 is 0 Å². The molecule has 0 spiro atoms. The fourth-order valence-electron chi connectivity index (χ4n) is 3.58. The van der Waals surface area contributed by atoms with Gasteiger partial charge >= 0.3 is 0 Å². The Morgan fingerprint density at radius 3 is 2.10 bits per heavy atom. The molecule has 1 saturated carbocycles. The molecule has 1 aliphatic rings. The Bertz CT molecular complexity index is 976. The Morgan fingerprint density at radius 2 is 1.60 bits per heavy atom. The summed E-state index contributed by atoms with van der Waals surface area (Å²) in [6.07, 6.45) is 3.45. The van der Waals surface area contributed by atoms with Crippen LogP contribution in [0.15, 0.2) is 53.4 Å². The zero-order chi connectivity index (χ0) is 21.9. The van der Waals surface area contributed by atoms with E-state index in [1.54, 1.807) is 24.3 Å². The summed E-state index contributed by atoms with van der Waals surface area (Å²) < 4.78 is 28.1. The third-order valence-corrected chi connectivity index (χ3v) is 7.14. The number of anilines is 1. The second-order valence-electron chi connectivity index (χ2n) is 8.79. The van der Waals surface area contributed by atoms with Crippen molar-refractivity contribution in [3.05, 3.63) is 59.7 Å². The van der Waals surface area contributed by atoms with Crippen molar-refractivity contribution in [3.8, 4) is 0 Å². The first kappa shape index (κ1) is 22.3. The number of carbonyl (C=O) groups is 1. The zero-order valence-electron chi connectivity index (χ0n) is 18.2. The molecule has 2 aromatic rings. The molecule has 162 valence electrons. The molecule has 0 aromatic heterocycles. The third-order valence-electron chi connectivity index (χ3n) is 5.74. The van der Waals surface area contributed by atoms with Gasteiger partial charge in [0.1, 0.15) is 0 Å². The molecular formula is C24H32N2O3S. The van der Waals surface area contributed by atoms with E-state index in [1.165, 1.54) is 0 Å². The normalized spacial score (nSPS) is 16.2. The van der Waals surface area contributed by atoms with Crippen LogP contribution in [0.3, 0.4) is 0 Å². The lowest BCUT2D eigenvalue weighted by molar-refractivity contribution is -0.124. The zero-order valence-corrected chi connectivity index (χ0v) is 19.1. The molecule has 1 atom stereocenters. The highest BCUT2D eigenvalue weighted by atomic mass is 32.2. The minimum absolute atomic E-state index is 0.0617. The van der Waals surface area contributed by atoms with Gasteiger partial charge in [0.15, 0.2) is 0 Å². The van der Waals surface area contributed by atoms with Gasteiger partial charge in [0.25, 0.3) is 10.0 Å². The summed E-state index contributed by atoms with van der Waals surface area (Å²) in [5.41, 5.74) is 2.08. The van der Waals surface area contributed by atoms with E-state index in [-0.39, 0.29) is 16.8 Å². The highest BCUT2D eigenvalue weighted by molar-refractivity contribution is 7.92. The second-order valence-corrected chi connectivity index (χ2v) is 10.5. The van der Waals surface area contributed by atoms with Crippen LogP contribution in [0.1, 0.15) is 58.1 Å². The number of benzene rings is 2. The van der Waals surface area contributed by atoms with Gasteiger partial charge in [-0.25, -0.2) is 8.42 Å². The average molecular weight is 429 g/mol. The number of rotatable bonds is 9. The predicted molar refractivity (Wildman–Crippen MR) is 121 cm³/mol. The van der Waals surface area contributed by atoms with Crippen LogP contribution in [-0.2, 0) is 26.7 Å². The SMILES string of the molecule is CCC(C)NC(=O)C1(c2ccc(NS(=O)(=O)c3ccc(CC(C)C)cc3)cc2)CC1. The number of hydrogen-bond acceptors (Lipinski definition) is 3. The second kappa shape index (κ2) is 8.80. The molecule has 30 heavy (non-hydrogen) atoms. The molecule has 1 aliphatic carbocycles. The smallest absolute Gasteiger partial charge is 0.261 e. The lowest BCUT2D eigenvalue weighted by atomic mass is 9.94. The molecule has 0 aliphatic heterocycles. The van der Waals surface area contributed by atoms with Gasteiger partial charge in [-0.2, -0.15) is 0 Å². The minimum Gasteiger partial charge on any atom is -0.353 e. The Balaban J connectivity index is 1.70. The van der Waals surface area contributed by atoms with Crippen LogP contribution in [0.4, 0.5) is 5.69 Å². The van der Waals surface area contributed by atoms with E-state index in [0.29, 0.717) is 11.6 Å². The van der Waals surface area contributed by atoms with Gasteiger partial charge < -0.3 is 5.32 Å². The Kier molecular flexibility index (Phi) is 6.56. The van der Waals surface area contributed by atoms with Crippen LogP contribution in [-0.4, -0.2) is 20.4 Å². The number of carbonyl (C=O) groups excluding carboxylic acids is 1. The maximum atomic E-state index is 12.7. The standard InChI is InChI=1S/C24H32N2O3S/c1-5-18(4)25-23(27)24(14-15-24)20-8-10-21(11-9-20)26-30(28,29)22-12-6-19(7-13-22)16-17(2)3/h6-13,17-18,26H,5,14-16H2,1-4H3,(H,25,27). The van der Waals surface area contributed by atoms with Gasteiger partial charge in [-0.3, -0.25) is 9.52 Å². The van der Waals surface area contributed by atoms with Crippen molar-refractivity contribution < 1.29 is 13.2 Å². The van der Waals surface area contributed by atoms with Crippen molar-refractivity contribution in [1.29, 1.82) is 0 Å². The van der Waals surface area contributed by atoms with Crippen LogP contribution in [0.25, 0.3) is 0 Å². The van der Waals surface area contributed by atoms with Gasteiger partial charge in [-0.1, -0.05) is 45.0 Å². The fraction of sp³-hybridized carbons (Fsp3) is 0.458. The van der Waals surface area contributed by atoms with Gasteiger partial charge in [0.05, 0.1) is 10.3 Å². The van der Waals surface area contributed by atoms with Gasteiger partial charge in [-0.15, -0.1) is 0 Å². The Labute approximate surface area is 180 Å². The third kappa shape index (κ3) is 5.04. The van der Waals surface area contributed by atoms with Crippen molar-refractivity contribution in [2.75, 3.05) is 4.72 Å². The summed E-state index contributed by atoms with van der Waals surface area (Å²) in [4.78, 5) is 12.9. The summed E-state index contributed by atoms with van der Waals surface area (Å²) in [5.74, 6) is 0.581. The van der Waals surface area contributed by atoms with Crippen LogP contribution >= 0.6 is 0 Å². The van der Waals surface area contributed by atoms with Crippen molar-refractivity contribution in [1.82, 2.24) is 5.32 Å². The van der Waals surface area contributed by atoms with Crippen molar-refractivity contribution in [2.24, 2.45) is 5.92 Å². The van der Waals surface area contributed by atoms with Crippen molar-refractivity contribution in [3.63, 3.8) is 0 Å². The molecule has 6 heteroatoms. The van der Waals surface area contributed by atoms with Crippen LogP contribution in [0.2, 0.25) is 0 Å². The van der Waals surface area contributed by atoms with Gasteiger partial charge in [0, 0.05) is 11.7 Å². The molecular weight excluding hydrogens is 396 g/mol. The monoisotopic (exact) mass is 428 g/mol. The summed E-state index contributed by atoms with van der Waals surface area (Å²) in [7, 11) is -3.66. The maximum Gasteiger partial charge on any atom is 0.261 e. The minimum atomic E-state index is -3.66. The molecule has 0 saturated heterocycles. The molecule has 2 N–H and O–H groups in total. The molecule has 5 nitrogen and oxygen atoms in total. The number of sulfonamides is 1. The Hall–Kier alpha value is -2.34. The summed E-state index contributed by atoms with van der Waals surface area (Å²) >= 11 is 0. The molecule has 0 bridgehead atoms. The molecule has 0 heterocycles. The fourth-order valence-corrected chi connectivity index (χ4v) is 4.64. The molecule has 1 unspecified atom stereocenters. The number of nitrogens with one attached hydrogen (secondary N) is 2. The first-order valence-corrected chi connectivity index (χ1v) is 12.2. The van der Waals surface area contributed by atoms with E-state index in [9.17, 15) is 13.2 Å². The van der Waals surface area contributed by atoms with Crippen LogP contribution in [0.5, 0.6) is 0 Å². The largest absolute Gasteiger partial charge is 0.353 e. The summed E-state index contributed by atoms with van der Waals surface area (Å²) in [6, 6.07) is 14.3. The van der Waals surface area contributed by atoms with Crippen LogP contribution in [0, 0.1) is 5.92 Å². The van der Waals surface area contributed by atoms with E-state index in [1.807, 2.05) is 38.1 Å². The van der Waals surface area contributed by atoms with Gasteiger partial charge in [0.2, 0.25) is 5.91 Å². The highest BCUT2D eigenvalue weighted by Crippen LogP contribution is 2.48. The summed E-state index contributed by atoms with van der Waals surface area (Å²) in [5, 5.41) is 3.07. The molecule has 2 aromatic carbocycles. The Morgan fingerprint density at radius 1 is 1.00 bits per heavy atom. The van der Waals surface area contributed by atoms with Crippen molar-refractivity contribution in [2.45, 2.75) is 69.7 Å². The topological polar surface area (TPSA) is 75.3 Å². The average Bonchev–Trinajstić information content (AvgIpc) is 3.50. The van der Waals surface area contributed by atoms with Crippen molar-refractivity contribution >= 4 is 21.6 Å². The summed E-state index contributed by atoms with van der Waals surface area (Å²) in [6.45, 7) is 8.32. The quantitative estimate of drug-likeness (QED) is 0.611. The lowest BCUT2D eigenvalue weighted by Crippen LogP contribution is -2.39. The molecule has 3 rings (SSSR count). The van der Waals surface area contributed by atoms with E-state index in [0.717, 1.165) is 36.8 Å². The van der Waals surface area contributed by atoms with E-state index in [4.69, 9.17) is 0 Å². The molecule has 1 amide bonds.